The van der Waals surface area contributed by atoms with E-state index in [1.165, 1.54) is 16.7 Å². The quantitative estimate of drug-likeness (QED) is 0.617. The van der Waals surface area contributed by atoms with Crippen molar-refractivity contribution in [1.82, 2.24) is 0 Å². The van der Waals surface area contributed by atoms with Crippen molar-refractivity contribution in [3.8, 4) is 5.75 Å². The monoisotopic (exact) mass is 290 g/mol. The molecule has 0 aromatic heterocycles. The summed E-state index contributed by atoms with van der Waals surface area (Å²) < 4.78 is 11.8. The third kappa shape index (κ3) is 4.00. The molecule has 1 fully saturated rings. The van der Waals surface area contributed by atoms with Crippen molar-refractivity contribution >= 4 is 0 Å². The Hall–Kier alpha value is -1.02. The van der Waals surface area contributed by atoms with Gasteiger partial charge in [-0.3, -0.25) is 0 Å². The molecule has 2 rings (SSSR count). The van der Waals surface area contributed by atoms with Crippen LogP contribution < -0.4 is 4.74 Å². The fourth-order valence-corrected chi connectivity index (χ4v) is 3.23. The van der Waals surface area contributed by atoms with Crippen molar-refractivity contribution in [3.05, 3.63) is 28.8 Å². The Morgan fingerprint density at radius 2 is 1.90 bits per heavy atom. The number of ether oxygens (including phenoxy) is 2. The molecule has 0 amide bonds. The number of benzene rings is 1. The summed E-state index contributed by atoms with van der Waals surface area (Å²) in [6.45, 7) is 11.8. The SMILES string of the molecule is CCCOc1c(C)cc(C)cc1C(CC)CC1OC1CC. The zero-order valence-corrected chi connectivity index (χ0v) is 14.2. The molecule has 21 heavy (non-hydrogen) atoms. The molecule has 1 aromatic carbocycles. The van der Waals surface area contributed by atoms with Crippen LogP contribution in [0.4, 0.5) is 0 Å². The van der Waals surface area contributed by atoms with Gasteiger partial charge in [-0.25, -0.2) is 0 Å². The van der Waals surface area contributed by atoms with Gasteiger partial charge in [0.1, 0.15) is 5.75 Å². The zero-order valence-electron chi connectivity index (χ0n) is 14.2. The van der Waals surface area contributed by atoms with Crippen LogP contribution in [0.2, 0.25) is 0 Å². The van der Waals surface area contributed by atoms with Crippen molar-refractivity contribution in [2.75, 3.05) is 6.61 Å². The van der Waals surface area contributed by atoms with E-state index in [4.69, 9.17) is 9.47 Å². The van der Waals surface area contributed by atoms with Crippen molar-refractivity contribution in [1.29, 1.82) is 0 Å². The second kappa shape index (κ2) is 7.31. The number of hydrogen-bond donors (Lipinski definition) is 0. The van der Waals surface area contributed by atoms with Gasteiger partial charge in [0.05, 0.1) is 18.8 Å². The highest BCUT2D eigenvalue weighted by atomic mass is 16.6. The molecule has 0 N–H and O–H groups in total. The molecule has 1 aromatic rings. The Morgan fingerprint density at radius 1 is 1.14 bits per heavy atom. The average Bonchev–Trinajstić information content (AvgIpc) is 3.21. The summed E-state index contributed by atoms with van der Waals surface area (Å²) in [6.07, 6.45) is 5.40. The normalized spacial score (nSPS) is 22.1. The largest absolute Gasteiger partial charge is 0.493 e. The third-order valence-electron chi connectivity index (χ3n) is 4.44. The molecule has 2 heteroatoms. The first kappa shape index (κ1) is 16.4. The summed E-state index contributed by atoms with van der Waals surface area (Å²) >= 11 is 0. The minimum absolute atomic E-state index is 0.458. The van der Waals surface area contributed by atoms with Crippen LogP contribution in [0.5, 0.6) is 5.75 Å². The zero-order chi connectivity index (χ0) is 15.4. The van der Waals surface area contributed by atoms with Crippen LogP contribution in [-0.4, -0.2) is 18.8 Å². The smallest absolute Gasteiger partial charge is 0.125 e. The van der Waals surface area contributed by atoms with E-state index in [2.05, 4.69) is 46.8 Å². The first-order valence-electron chi connectivity index (χ1n) is 8.50. The van der Waals surface area contributed by atoms with E-state index in [1.54, 1.807) is 0 Å². The van der Waals surface area contributed by atoms with Gasteiger partial charge in [0, 0.05) is 0 Å². The number of epoxide rings is 1. The molecule has 3 unspecified atom stereocenters. The minimum atomic E-state index is 0.458. The van der Waals surface area contributed by atoms with Gasteiger partial charge < -0.3 is 9.47 Å². The summed E-state index contributed by atoms with van der Waals surface area (Å²) in [7, 11) is 0. The van der Waals surface area contributed by atoms with Gasteiger partial charge in [0.15, 0.2) is 0 Å². The lowest BCUT2D eigenvalue weighted by molar-refractivity contribution is 0.306. The van der Waals surface area contributed by atoms with E-state index in [0.717, 1.165) is 38.0 Å². The maximum Gasteiger partial charge on any atom is 0.125 e. The van der Waals surface area contributed by atoms with Crippen LogP contribution in [0, 0.1) is 13.8 Å². The predicted molar refractivity (Wildman–Crippen MR) is 88.3 cm³/mol. The summed E-state index contributed by atoms with van der Waals surface area (Å²) in [6, 6.07) is 4.54. The number of aryl methyl sites for hydroxylation is 2. The number of rotatable bonds is 8. The van der Waals surface area contributed by atoms with Gasteiger partial charge in [0.25, 0.3) is 0 Å². The van der Waals surface area contributed by atoms with Crippen LogP contribution in [0.1, 0.15) is 69.1 Å². The summed E-state index contributed by atoms with van der Waals surface area (Å²) in [5, 5.41) is 0. The van der Waals surface area contributed by atoms with Gasteiger partial charge in [-0.1, -0.05) is 38.5 Å². The Kier molecular flexibility index (Phi) is 5.69. The minimum Gasteiger partial charge on any atom is -0.493 e. The lowest BCUT2D eigenvalue weighted by Gasteiger charge is -2.21. The van der Waals surface area contributed by atoms with E-state index < -0.39 is 0 Å². The second-order valence-corrected chi connectivity index (χ2v) is 6.31. The molecular weight excluding hydrogens is 260 g/mol. The average molecular weight is 290 g/mol. The lowest BCUT2D eigenvalue weighted by atomic mass is 9.88. The molecule has 0 saturated carbocycles. The molecule has 1 heterocycles. The Bertz CT molecular complexity index is 467. The van der Waals surface area contributed by atoms with Crippen molar-refractivity contribution < 1.29 is 9.47 Å². The van der Waals surface area contributed by atoms with Gasteiger partial charge in [0.2, 0.25) is 0 Å². The molecule has 118 valence electrons. The Morgan fingerprint density at radius 3 is 2.48 bits per heavy atom. The fraction of sp³-hybridized carbons (Fsp3) is 0.684. The Balaban J connectivity index is 2.21. The molecule has 0 aliphatic carbocycles. The van der Waals surface area contributed by atoms with Gasteiger partial charge in [-0.2, -0.15) is 0 Å². The maximum absolute atomic E-state index is 6.07. The highest BCUT2D eigenvalue weighted by molar-refractivity contribution is 5.46. The summed E-state index contributed by atoms with van der Waals surface area (Å²) in [5.41, 5.74) is 3.98. The van der Waals surface area contributed by atoms with Crippen LogP contribution in [-0.2, 0) is 4.74 Å². The standard InChI is InChI=1S/C19H30O2/c1-6-9-20-19-14(5)10-13(4)11-16(19)15(7-2)12-18-17(8-3)21-18/h10-11,15,17-18H,6-9,12H2,1-5H3. The van der Waals surface area contributed by atoms with Gasteiger partial charge >= 0.3 is 0 Å². The van der Waals surface area contributed by atoms with E-state index in [0.29, 0.717) is 18.1 Å². The topological polar surface area (TPSA) is 21.8 Å². The molecule has 0 radical (unpaired) electrons. The van der Waals surface area contributed by atoms with E-state index in [1.807, 2.05) is 0 Å². The molecule has 2 nitrogen and oxygen atoms in total. The molecule has 1 saturated heterocycles. The van der Waals surface area contributed by atoms with Crippen LogP contribution in [0.15, 0.2) is 12.1 Å². The summed E-state index contributed by atoms with van der Waals surface area (Å²) in [5.74, 6) is 1.65. The molecule has 1 aliphatic heterocycles. The summed E-state index contributed by atoms with van der Waals surface area (Å²) in [4.78, 5) is 0. The van der Waals surface area contributed by atoms with Crippen molar-refractivity contribution in [2.24, 2.45) is 0 Å². The van der Waals surface area contributed by atoms with Crippen LogP contribution >= 0.6 is 0 Å². The van der Waals surface area contributed by atoms with Crippen LogP contribution in [0.25, 0.3) is 0 Å². The highest BCUT2D eigenvalue weighted by Crippen LogP contribution is 2.40. The predicted octanol–water partition coefficient (Wildman–Crippen LogP) is 5.15. The van der Waals surface area contributed by atoms with Crippen LogP contribution in [0.3, 0.4) is 0 Å². The maximum atomic E-state index is 6.07. The highest BCUT2D eigenvalue weighted by Gasteiger charge is 2.38. The van der Waals surface area contributed by atoms with Gasteiger partial charge in [-0.15, -0.1) is 0 Å². The molecule has 0 spiro atoms. The first-order chi connectivity index (χ1) is 10.1. The molecule has 0 bridgehead atoms. The lowest BCUT2D eigenvalue weighted by Crippen LogP contribution is -2.09. The first-order valence-corrected chi connectivity index (χ1v) is 8.50. The number of hydrogen-bond acceptors (Lipinski definition) is 2. The van der Waals surface area contributed by atoms with E-state index in [9.17, 15) is 0 Å². The van der Waals surface area contributed by atoms with E-state index >= 15 is 0 Å². The van der Waals surface area contributed by atoms with Gasteiger partial charge in [-0.05, 0) is 56.6 Å². The van der Waals surface area contributed by atoms with Crippen molar-refractivity contribution in [2.45, 2.75) is 78.4 Å². The molecule has 3 atom stereocenters. The molecule has 1 aliphatic rings. The van der Waals surface area contributed by atoms with E-state index in [-0.39, 0.29) is 0 Å². The fourth-order valence-electron chi connectivity index (χ4n) is 3.23. The molecular formula is C19H30O2. The van der Waals surface area contributed by atoms with Crippen molar-refractivity contribution in [3.63, 3.8) is 0 Å². The third-order valence-corrected chi connectivity index (χ3v) is 4.44. The second-order valence-electron chi connectivity index (χ2n) is 6.31. The Labute approximate surface area is 129 Å².